The highest BCUT2D eigenvalue weighted by atomic mass is 16.5. The van der Waals surface area contributed by atoms with Gasteiger partial charge in [0.1, 0.15) is 11.6 Å². The number of nitrogens with zero attached hydrogens (tertiary/aromatic N) is 1. The monoisotopic (exact) mass is 320 g/mol. The molecule has 0 bridgehead atoms. The average molecular weight is 320 g/mol. The summed E-state index contributed by atoms with van der Waals surface area (Å²) in [5.74, 6) is -0.934. The van der Waals surface area contributed by atoms with Gasteiger partial charge in [-0.05, 0) is 42.8 Å². The molecule has 0 unspecified atom stereocenters. The van der Waals surface area contributed by atoms with E-state index in [0.717, 1.165) is 5.56 Å². The normalized spacial score (nSPS) is 10.6. The zero-order chi connectivity index (χ0) is 17.5. The van der Waals surface area contributed by atoms with Crippen LogP contribution in [-0.4, -0.2) is 19.0 Å². The Bertz CT molecular complexity index is 830. The Morgan fingerprint density at radius 3 is 2.50 bits per heavy atom. The quantitative estimate of drug-likeness (QED) is 0.532. The number of rotatable bonds is 4. The van der Waals surface area contributed by atoms with E-state index in [1.807, 2.05) is 19.1 Å². The molecule has 5 heteroatoms. The first kappa shape index (κ1) is 17.0. The van der Waals surface area contributed by atoms with Gasteiger partial charge in [0.25, 0.3) is 5.91 Å². The lowest BCUT2D eigenvalue weighted by molar-refractivity contribution is -0.135. The molecule has 2 aromatic rings. The van der Waals surface area contributed by atoms with Gasteiger partial charge in [-0.15, -0.1) is 0 Å². The summed E-state index contributed by atoms with van der Waals surface area (Å²) in [6.07, 6.45) is 1.41. The number of nitriles is 1. The molecule has 0 saturated carbocycles. The molecule has 0 aliphatic rings. The highest BCUT2D eigenvalue weighted by molar-refractivity contribution is 6.04. The minimum Gasteiger partial charge on any atom is -0.465 e. The van der Waals surface area contributed by atoms with Crippen LogP contribution >= 0.6 is 0 Å². The van der Waals surface area contributed by atoms with Gasteiger partial charge < -0.3 is 10.1 Å². The number of methoxy groups -OCH3 is 1. The van der Waals surface area contributed by atoms with Gasteiger partial charge in [0.15, 0.2) is 0 Å². The minimum absolute atomic E-state index is 0.112. The molecule has 0 aliphatic carbocycles. The topological polar surface area (TPSA) is 79.2 Å². The van der Waals surface area contributed by atoms with Crippen molar-refractivity contribution in [3.8, 4) is 6.07 Å². The van der Waals surface area contributed by atoms with E-state index in [-0.39, 0.29) is 11.5 Å². The van der Waals surface area contributed by atoms with Crippen LogP contribution < -0.4 is 5.32 Å². The number of hydrogen-bond acceptors (Lipinski definition) is 4. The van der Waals surface area contributed by atoms with Crippen LogP contribution in [-0.2, 0) is 9.53 Å². The van der Waals surface area contributed by atoms with Gasteiger partial charge in [0.2, 0.25) is 0 Å². The molecule has 0 radical (unpaired) electrons. The molecule has 0 heterocycles. The number of anilines is 1. The third-order valence-corrected chi connectivity index (χ3v) is 3.30. The zero-order valence-corrected chi connectivity index (χ0v) is 13.4. The number of aryl methyl sites for hydroxylation is 1. The molecular formula is C19H16N2O3. The summed E-state index contributed by atoms with van der Waals surface area (Å²) >= 11 is 0. The summed E-state index contributed by atoms with van der Waals surface area (Å²) in [5.41, 5.74) is 2.69. The van der Waals surface area contributed by atoms with E-state index in [2.05, 4.69) is 10.1 Å². The van der Waals surface area contributed by atoms with Crippen molar-refractivity contribution < 1.29 is 14.3 Å². The smallest absolute Gasteiger partial charge is 0.348 e. The molecule has 0 aromatic heterocycles. The first-order chi connectivity index (χ1) is 11.5. The van der Waals surface area contributed by atoms with Crippen molar-refractivity contribution in [2.24, 2.45) is 0 Å². The van der Waals surface area contributed by atoms with Gasteiger partial charge in [-0.3, -0.25) is 4.79 Å². The van der Waals surface area contributed by atoms with Crippen LogP contribution in [0.15, 0.2) is 54.1 Å². The Labute approximate surface area is 140 Å². The molecule has 24 heavy (non-hydrogen) atoms. The predicted molar refractivity (Wildman–Crippen MR) is 91.2 cm³/mol. The molecule has 0 atom stereocenters. The van der Waals surface area contributed by atoms with Gasteiger partial charge in [-0.2, -0.15) is 5.26 Å². The Kier molecular flexibility index (Phi) is 5.48. The predicted octanol–water partition coefficient (Wildman–Crippen LogP) is 3.33. The van der Waals surface area contributed by atoms with Crippen LogP contribution in [0.5, 0.6) is 0 Å². The largest absolute Gasteiger partial charge is 0.465 e. The highest BCUT2D eigenvalue weighted by Gasteiger charge is 2.09. The van der Waals surface area contributed by atoms with E-state index in [9.17, 15) is 9.59 Å². The Morgan fingerprint density at radius 1 is 1.17 bits per heavy atom. The number of nitrogens with one attached hydrogen (secondary N) is 1. The SMILES string of the molecule is COC(=O)/C(C#N)=C/c1cccc(NC(=O)c2ccc(C)cc2)c1. The summed E-state index contributed by atoms with van der Waals surface area (Å²) in [6.45, 7) is 1.95. The van der Waals surface area contributed by atoms with E-state index in [4.69, 9.17) is 5.26 Å². The lowest BCUT2D eigenvalue weighted by Gasteiger charge is -2.06. The van der Waals surface area contributed by atoms with E-state index in [1.165, 1.54) is 13.2 Å². The van der Waals surface area contributed by atoms with Crippen LogP contribution in [0.1, 0.15) is 21.5 Å². The first-order valence-corrected chi connectivity index (χ1v) is 7.21. The van der Waals surface area contributed by atoms with Crippen LogP contribution in [0.25, 0.3) is 6.08 Å². The second-order valence-corrected chi connectivity index (χ2v) is 5.11. The van der Waals surface area contributed by atoms with Gasteiger partial charge >= 0.3 is 5.97 Å². The fourth-order valence-electron chi connectivity index (χ4n) is 2.03. The van der Waals surface area contributed by atoms with Crippen molar-refractivity contribution in [1.82, 2.24) is 0 Å². The number of carbonyl (C=O) groups excluding carboxylic acids is 2. The molecule has 2 rings (SSSR count). The number of carbonyl (C=O) groups is 2. The average Bonchev–Trinajstić information content (AvgIpc) is 2.59. The number of amides is 1. The summed E-state index contributed by atoms with van der Waals surface area (Å²) < 4.78 is 4.54. The Morgan fingerprint density at radius 2 is 1.88 bits per heavy atom. The molecule has 0 saturated heterocycles. The number of ether oxygens (including phenoxy) is 1. The third-order valence-electron chi connectivity index (χ3n) is 3.30. The fraction of sp³-hybridized carbons (Fsp3) is 0.105. The van der Waals surface area contributed by atoms with Crippen molar-refractivity contribution in [2.45, 2.75) is 6.92 Å². The van der Waals surface area contributed by atoms with E-state index in [1.54, 1.807) is 42.5 Å². The maximum Gasteiger partial charge on any atom is 0.348 e. The van der Waals surface area contributed by atoms with E-state index >= 15 is 0 Å². The molecule has 1 N–H and O–H groups in total. The van der Waals surface area contributed by atoms with Crippen LogP contribution in [0.4, 0.5) is 5.69 Å². The summed E-state index contributed by atoms with van der Waals surface area (Å²) in [6, 6.07) is 15.9. The maximum absolute atomic E-state index is 12.2. The number of esters is 1. The maximum atomic E-state index is 12.2. The van der Waals surface area contributed by atoms with Crippen LogP contribution in [0, 0.1) is 18.3 Å². The molecule has 0 aliphatic heterocycles. The van der Waals surface area contributed by atoms with Crippen molar-refractivity contribution in [1.29, 1.82) is 5.26 Å². The Hall–Kier alpha value is -3.39. The minimum atomic E-state index is -0.702. The highest BCUT2D eigenvalue weighted by Crippen LogP contribution is 2.15. The molecule has 0 fully saturated rings. The van der Waals surface area contributed by atoms with Crippen molar-refractivity contribution in [2.75, 3.05) is 12.4 Å². The number of benzene rings is 2. The molecule has 120 valence electrons. The molecule has 5 nitrogen and oxygen atoms in total. The first-order valence-electron chi connectivity index (χ1n) is 7.21. The van der Waals surface area contributed by atoms with Crippen molar-refractivity contribution >= 4 is 23.6 Å². The van der Waals surface area contributed by atoms with E-state index < -0.39 is 5.97 Å². The van der Waals surface area contributed by atoms with Crippen LogP contribution in [0.3, 0.4) is 0 Å². The van der Waals surface area contributed by atoms with Gasteiger partial charge in [0.05, 0.1) is 7.11 Å². The number of hydrogen-bond donors (Lipinski definition) is 1. The third kappa shape index (κ3) is 4.31. The van der Waals surface area contributed by atoms with Crippen molar-refractivity contribution in [3.63, 3.8) is 0 Å². The Balaban J connectivity index is 2.20. The summed E-state index contributed by atoms with van der Waals surface area (Å²) in [4.78, 5) is 23.7. The van der Waals surface area contributed by atoms with Gasteiger partial charge in [-0.1, -0.05) is 29.8 Å². The second-order valence-electron chi connectivity index (χ2n) is 5.11. The fourth-order valence-corrected chi connectivity index (χ4v) is 2.03. The van der Waals surface area contributed by atoms with Crippen LogP contribution in [0.2, 0.25) is 0 Å². The summed E-state index contributed by atoms with van der Waals surface area (Å²) in [7, 11) is 1.21. The second kappa shape index (κ2) is 7.75. The van der Waals surface area contributed by atoms with Gasteiger partial charge in [0, 0.05) is 11.3 Å². The van der Waals surface area contributed by atoms with Gasteiger partial charge in [-0.25, -0.2) is 4.79 Å². The molecular weight excluding hydrogens is 304 g/mol. The lowest BCUT2D eigenvalue weighted by Crippen LogP contribution is -2.11. The standard InChI is InChI=1S/C19H16N2O3/c1-13-6-8-15(9-7-13)18(22)21-17-5-3-4-14(11-17)10-16(12-20)19(23)24-2/h3-11H,1-2H3,(H,21,22)/b16-10+. The molecule has 2 aromatic carbocycles. The molecule has 1 amide bonds. The molecule has 0 spiro atoms. The zero-order valence-electron chi connectivity index (χ0n) is 13.4. The summed E-state index contributed by atoms with van der Waals surface area (Å²) in [5, 5.41) is 11.8. The van der Waals surface area contributed by atoms with Crippen molar-refractivity contribution in [3.05, 3.63) is 70.8 Å². The van der Waals surface area contributed by atoms with E-state index in [0.29, 0.717) is 16.8 Å². The lowest BCUT2D eigenvalue weighted by atomic mass is 10.1.